The molecular formula is C14H16Cl2N2OS. The van der Waals surface area contributed by atoms with Crippen LogP contribution in [0.3, 0.4) is 0 Å². The number of thioether (sulfide) groups is 1. The van der Waals surface area contributed by atoms with E-state index in [4.69, 9.17) is 27.6 Å². The summed E-state index contributed by atoms with van der Waals surface area (Å²) in [7, 11) is 0. The van der Waals surface area contributed by atoms with E-state index in [2.05, 4.69) is 24.0 Å². The third-order valence-corrected chi connectivity index (χ3v) is 4.44. The number of nitrogens with zero attached hydrogens (tertiary/aromatic N) is 2. The molecule has 1 atom stereocenters. The minimum absolute atomic E-state index is 0.0701. The van der Waals surface area contributed by atoms with Crippen molar-refractivity contribution in [2.24, 2.45) is 5.92 Å². The van der Waals surface area contributed by atoms with E-state index in [-0.39, 0.29) is 5.25 Å². The maximum absolute atomic E-state index is 6.01. The van der Waals surface area contributed by atoms with Crippen LogP contribution in [-0.4, -0.2) is 10.2 Å². The summed E-state index contributed by atoms with van der Waals surface area (Å²) in [5.41, 5.74) is 0. The molecule has 1 aromatic carbocycles. The van der Waals surface area contributed by atoms with Crippen molar-refractivity contribution in [1.82, 2.24) is 10.2 Å². The molecule has 0 saturated heterocycles. The molecule has 108 valence electrons. The van der Waals surface area contributed by atoms with E-state index in [0.717, 1.165) is 11.3 Å². The van der Waals surface area contributed by atoms with Crippen molar-refractivity contribution in [3.05, 3.63) is 40.0 Å². The molecule has 0 radical (unpaired) electrons. The molecule has 0 unspecified atom stereocenters. The van der Waals surface area contributed by atoms with E-state index in [9.17, 15) is 0 Å². The molecular weight excluding hydrogens is 315 g/mol. The van der Waals surface area contributed by atoms with Crippen molar-refractivity contribution in [3.63, 3.8) is 0 Å². The standard InChI is InChI=1S/C14H16Cl2N2OS/c1-8(2)6-13-17-18-14(19-13)9(3)20-10-4-5-11(15)12(16)7-10/h4-5,7-9H,6H2,1-3H3/t9-/m0/s1. The summed E-state index contributed by atoms with van der Waals surface area (Å²) in [6.45, 7) is 6.27. The van der Waals surface area contributed by atoms with Gasteiger partial charge in [-0.05, 0) is 31.0 Å². The Morgan fingerprint density at radius 3 is 2.55 bits per heavy atom. The minimum Gasteiger partial charge on any atom is -0.424 e. The molecule has 1 heterocycles. The molecule has 0 aliphatic carbocycles. The largest absolute Gasteiger partial charge is 0.424 e. The fourth-order valence-corrected chi connectivity index (χ4v) is 2.97. The van der Waals surface area contributed by atoms with Gasteiger partial charge in [0.25, 0.3) is 0 Å². The second kappa shape index (κ2) is 6.83. The lowest BCUT2D eigenvalue weighted by molar-refractivity contribution is 0.426. The smallest absolute Gasteiger partial charge is 0.229 e. The van der Waals surface area contributed by atoms with Gasteiger partial charge in [0.05, 0.1) is 15.3 Å². The number of halogens is 2. The molecule has 6 heteroatoms. The minimum atomic E-state index is 0.0701. The van der Waals surface area contributed by atoms with Crippen molar-refractivity contribution >= 4 is 35.0 Å². The summed E-state index contributed by atoms with van der Waals surface area (Å²) in [6, 6.07) is 5.56. The van der Waals surface area contributed by atoms with Crippen LogP contribution in [0.1, 0.15) is 37.8 Å². The van der Waals surface area contributed by atoms with Crippen LogP contribution < -0.4 is 0 Å². The van der Waals surface area contributed by atoms with Gasteiger partial charge in [-0.3, -0.25) is 0 Å². The van der Waals surface area contributed by atoms with Gasteiger partial charge >= 0.3 is 0 Å². The molecule has 0 spiro atoms. The molecule has 1 aromatic heterocycles. The van der Waals surface area contributed by atoms with Crippen LogP contribution in [0.15, 0.2) is 27.5 Å². The van der Waals surface area contributed by atoms with Crippen molar-refractivity contribution in [1.29, 1.82) is 0 Å². The highest BCUT2D eigenvalue weighted by molar-refractivity contribution is 7.99. The Kier molecular flexibility index (Phi) is 5.35. The van der Waals surface area contributed by atoms with Crippen LogP contribution in [0.5, 0.6) is 0 Å². The molecule has 3 nitrogen and oxygen atoms in total. The zero-order valence-electron chi connectivity index (χ0n) is 11.6. The lowest BCUT2D eigenvalue weighted by Gasteiger charge is -2.07. The highest BCUT2D eigenvalue weighted by Crippen LogP contribution is 2.36. The highest BCUT2D eigenvalue weighted by Gasteiger charge is 2.16. The van der Waals surface area contributed by atoms with Crippen molar-refractivity contribution < 1.29 is 4.42 Å². The van der Waals surface area contributed by atoms with E-state index in [0.29, 0.717) is 27.7 Å². The lowest BCUT2D eigenvalue weighted by atomic mass is 10.1. The van der Waals surface area contributed by atoms with Crippen molar-refractivity contribution in [3.8, 4) is 0 Å². The molecule has 2 aromatic rings. The quantitative estimate of drug-likeness (QED) is 0.685. The van der Waals surface area contributed by atoms with Gasteiger partial charge in [0, 0.05) is 11.3 Å². The van der Waals surface area contributed by atoms with Gasteiger partial charge in [-0.25, -0.2) is 0 Å². The summed E-state index contributed by atoms with van der Waals surface area (Å²) in [5, 5.41) is 9.36. The van der Waals surface area contributed by atoms with E-state index in [1.54, 1.807) is 17.8 Å². The summed E-state index contributed by atoms with van der Waals surface area (Å²) in [4.78, 5) is 1.02. The zero-order chi connectivity index (χ0) is 14.7. The Labute approximate surface area is 133 Å². The molecule has 0 N–H and O–H groups in total. The number of hydrogen-bond donors (Lipinski definition) is 0. The Bertz CT molecular complexity index is 586. The number of benzene rings is 1. The van der Waals surface area contributed by atoms with Gasteiger partial charge < -0.3 is 4.42 Å². The van der Waals surface area contributed by atoms with Crippen molar-refractivity contribution in [2.45, 2.75) is 37.3 Å². The topological polar surface area (TPSA) is 38.9 Å². The third kappa shape index (κ3) is 4.14. The van der Waals surface area contributed by atoms with Gasteiger partial charge in [0.2, 0.25) is 11.8 Å². The average Bonchev–Trinajstić information content (AvgIpc) is 2.81. The average molecular weight is 331 g/mol. The highest BCUT2D eigenvalue weighted by atomic mass is 35.5. The number of rotatable bonds is 5. The van der Waals surface area contributed by atoms with Gasteiger partial charge in [-0.1, -0.05) is 37.0 Å². The molecule has 20 heavy (non-hydrogen) atoms. The predicted octanol–water partition coefficient (Wildman–Crippen LogP) is 5.43. The van der Waals surface area contributed by atoms with Crippen molar-refractivity contribution in [2.75, 3.05) is 0 Å². The van der Waals surface area contributed by atoms with E-state index in [1.807, 2.05) is 19.1 Å². The lowest BCUT2D eigenvalue weighted by Crippen LogP contribution is -1.93. The maximum Gasteiger partial charge on any atom is 0.229 e. The monoisotopic (exact) mass is 330 g/mol. The van der Waals surface area contributed by atoms with Gasteiger partial charge in [-0.2, -0.15) is 0 Å². The Balaban J connectivity index is 2.05. The fourth-order valence-electron chi connectivity index (χ4n) is 1.67. The first kappa shape index (κ1) is 15.7. The number of hydrogen-bond acceptors (Lipinski definition) is 4. The predicted molar refractivity (Wildman–Crippen MR) is 83.6 cm³/mol. The van der Waals surface area contributed by atoms with Crippen LogP contribution >= 0.6 is 35.0 Å². The maximum atomic E-state index is 6.01. The van der Waals surface area contributed by atoms with Crippen LogP contribution in [0.2, 0.25) is 10.0 Å². The Hall–Kier alpha value is -0.710. The molecule has 0 bridgehead atoms. The van der Waals surface area contributed by atoms with Gasteiger partial charge in [-0.15, -0.1) is 22.0 Å². The van der Waals surface area contributed by atoms with Crippen LogP contribution in [-0.2, 0) is 6.42 Å². The molecule has 0 aliphatic heterocycles. The molecule has 0 aliphatic rings. The zero-order valence-corrected chi connectivity index (χ0v) is 13.9. The van der Waals surface area contributed by atoms with E-state index < -0.39 is 0 Å². The first-order chi connectivity index (χ1) is 9.45. The first-order valence-corrected chi connectivity index (χ1v) is 8.03. The summed E-state index contributed by atoms with van der Waals surface area (Å²) >= 11 is 13.5. The fraction of sp³-hybridized carbons (Fsp3) is 0.429. The summed E-state index contributed by atoms with van der Waals surface area (Å²) in [5.74, 6) is 1.83. The number of aromatic nitrogens is 2. The molecule has 0 amide bonds. The molecule has 0 fully saturated rings. The van der Waals surface area contributed by atoms with Crippen LogP contribution in [0.25, 0.3) is 0 Å². The van der Waals surface area contributed by atoms with Gasteiger partial charge in [0.15, 0.2) is 0 Å². The SMILES string of the molecule is CC(C)Cc1nnc([C@H](C)Sc2ccc(Cl)c(Cl)c2)o1. The van der Waals surface area contributed by atoms with Crippen LogP contribution in [0, 0.1) is 5.92 Å². The van der Waals surface area contributed by atoms with Crippen LogP contribution in [0.4, 0.5) is 0 Å². The molecule has 0 saturated carbocycles. The van der Waals surface area contributed by atoms with E-state index in [1.165, 1.54) is 0 Å². The molecule has 2 rings (SSSR count). The first-order valence-electron chi connectivity index (χ1n) is 6.39. The second-order valence-electron chi connectivity index (χ2n) is 4.97. The normalized spacial score (nSPS) is 12.9. The summed E-state index contributed by atoms with van der Waals surface area (Å²) < 4.78 is 5.68. The third-order valence-electron chi connectivity index (χ3n) is 2.62. The second-order valence-corrected chi connectivity index (χ2v) is 7.20. The summed E-state index contributed by atoms with van der Waals surface area (Å²) in [6.07, 6.45) is 0.803. The Morgan fingerprint density at radius 1 is 1.15 bits per heavy atom. The Morgan fingerprint density at radius 2 is 1.90 bits per heavy atom. The van der Waals surface area contributed by atoms with E-state index >= 15 is 0 Å². The van der Waals surface area contributed by atoms with Gasteiger partial charge in [0.1, 0.15) is 0 Å².